The second-order valence-corrected chi connectivity index (χ2v) is 3.69. The summed E-state index contributed by atoms with van der Waals surface area (Å²) >= 11 is 5.93. The van der Waals surface area contributed by atoms with Crippen molar-refractivity contribution >= 4 is 11.6 Å². The summed E-state index contributed by atoms with van der Waals surface area (Å²) in [7, 11) is 1.68. The lowest BCUT2D eigenvalue weighted by Crippen LogP contribution is -1.84. The molecule has 1 aromatic carbocycles. The van der Waals surface area contributed by atoms with Crippen molar-refractivity contribution in [3.63, 3.8) is 0 Å². The Labute approximate surface area is 77.3 Å². The number of ether oxygens (including phenoxy) is 1. The maximum absolute atomic E-state index is 5.93. The molecular weight excluding hydrogens is 172 g/mol. The highest BCUT2D eigenvalue weighted by atomic mass is 35.5. The molecule has 0 aliphatic heterocycles. The predicted octanol–water partition coefficient (Wildman–Crippen LogP) is 2.79. The number of hydrogen-bond acceptors (Lipinski definition) is 1. The number of rotatable bonds is 2. The van der Waals surface area contributed by atoms with Crippen molar-refractivity contribution in [2.45, 2.75) is 17.7 Å². The van der Waals surface area contributed by atoms with Gasteiger partial charge in [-0.25, -0.2) is 0 Å². The van der Waals surface area contributed by atoms with Gasteiger partial charge in [0.2, 0.25) is 0 Å². The van der Waals surface area contributed by atoms with Crippen molar-refractivity contribution in [2.24, 2.45) is 0 Å². The van der Waals surface area contributed by atoms with Crippen molar-refractivity contribution in [1.82, 2.24) is 0 Å². The smallest absolute Gasteiger partial charge is 0.118 e. The Morgan fingerprint density at radius 3 is 2.33 bits per heavy atom. The van der Waals surface area contributed by atoms with E-state index in [0.29, 0.717) is 11.3 Å². The SMILES string of the molecule is COc1ccc(C2C[C@@H]2Cl)cc1. The zero-order valence-corrected chi connectivity index (χ0v) is 7.71. The minimum absolute atomic E-state index is 0.360. The van der Waals surface area contributed by atoms with Crippen molar-refractivity contribution in [3.05, 3.63) is 29.8 Å². The Balaban J connectivity index is 2.14. The standard InChI is InChI=1S/C10H11ClO/c1-12-8-4-2-7(3-5-8)9-6-10(9)11/h2-5,9-10H,6H2,1H3/t9?,10-/m0/s1. The highest BCUT2D eigenvalue weighted by Crippen LogP contribution is 2.45. The average Bonchev–Trinajstić information content (AvgIpc) is 2.83. The van der Waals surface area contributed by atoms with Gasteiger partial charge in [0.1, 0.15) is 5.75 Å². The van der Waals surface area contributed by atoms with Crippen LogP contribution in [0.5, 0.6) is 5.75 Å². The van der Waals surface area contributed by atoms with E-state index in [4.69, 9.17) is 16.3 Å². The Kier molecular flexibility index (Phi) is 1.97. The van der Waals surface area contributed by atoms with Crippen LogP contribution in [0.15, 0.2) is 24.3 Å². The van der Waals surface area contributed by atoms with Gasteiger partial charge in [0, 0.05) is 11.3 Å². The van der Waals surface area contributed by atoms with E-state index in [-0.39, 0.29) is 0 Å². The summed E-state index contributed by atoms with van der Waals surface area (Å²) < 4.78 is 5.06. The van der Waals surface area contributed by atoms with Crippen LogP contribution < -0.4 is 4.74 Å². The van der Waals surface area contributed by atoms with Crippen LogP contribution in [0.3, 0.4) is 0 Å². The number of halogens is 1. The van der Waals surface area contributed by atoms with Gasteiger partial charge in [0.15, 0.2) is 0 Å². The van der Waals surface area contributed by atoms with Crippen molar-refractivity contribution in [1.29, 1.82) is 0 Å². The largest absolute Gasteiger partial charge is 0.497 e. The third-order valence-corrected chi connectivity index (χ3v) is 2.74. The molecule has 1 aliphatic carbocycles. The van der Waals surface area contributed by atoms with Gasteiger partial charge in [0.05, 0.1) is 7.11 Å². The first-order valence-corrected chi connectivity index (χ1v) is 4.53. The molecule has 1 nitrogen and oxygen atoms in total. The normalized spacial score (nSPS) is 26.8. The molecule has 1 aliphatic rings. The maximum Gasteiger partial charge on any atom is 0.118 e. The van der Waals surface area contributed by atoms with Gasteiger partial charge >= 0.3 is 0 Å². The molecule has 0 N–H and O–H groups in total. The van der Waals surface area contributed by atoms with Crippen molar-refractivity contribution < 1.29 is 4.74 Å². The second-order valence-electron chi connectivity index (χ2n) is 3.13. The molecule has 2 rings (SSSR count). The minimum atomic E-state index is 0.360. The Morgan fingerprint density at radius 1 is 1.33 bits per heavy atom. The highest BCUT2D eigenvalue weighted by molar-refractivity contribution is 6.23. The monoisotopic (exact) mass is 182 g/mol. The Morgan fingerprint density at radius 2 is 1.92 bits per heavy atom. The fourth-order valence-corrected chi connectivity index (χ4v) is 1.70. The highest BCUT2D eigenvalue weighted by Gasteiger charge is 2.36. The molecular formula is C10H11ClO. The number of alkyl halides is 1. The molecule has 12 heavy (non-hydrogen) atoms. The predicted molar refractivity (Wildman–Crippen MR) is 50.0 cm³/mol. The fourth-order valence-electron chi connectivity index (χ4n) is 1.36. The summed E-state index contributed by atoms with van der Waals surface area (Å²) in [4.78, 5) is 0. The second kappa shape index (κ2) is 2.98. The molecule has 1 fully saturated rings. The summed E-state index contributed by atoms with van der Waals surface area (Å²) in [6, 6.07) is 8.15. The van der Waals surface area contributed by atoms with Crippen LogP contribution in [-0.2, 0) is 0 Å². The van der Waals surface area contributed by atoms with Gasteiger partial charge in [-0.1, -0.05) is 12.1 Å². The minimum Gasteiger partial charge on any atom is -0.497 e. The van der Waals surface area contributed by atoms with E-state index in [0.717, 1.165) is 12.2 Å². The molecule has 0 heterocycles. The Hall–Kier alpha value is -0.690. The van der Waals surface area contributed by atoms with Gasteiger partial charge in [-0.3, -0.25) is 0 Å². The quantitative estimate of drug-likeness (QED) is 0.640. The third-order valence-electron chi connectivity index (χ3n) is 2.26. The molecule has 2 heteroatoms. The molecule has 0 radical (unpaired) electrons. The first-order chi connectivity index (χ1) is 5.81. The van der Waals surface area contributed by atoms with Crippen LogP contribution in [0.1, 0.15) is 17.9 Å². The van der Waals surface area contributed by atoms with Crippen LogP contribution in [0.2, 0.25) is 0 Å². The zero-order valence-electron chi connectivity index (χ0n) is 6.96. The van der Waals surface area contributed by atoms with E-state index < -0.39 is 0 Å². The lowest BCUT2D eigenvalue weighted by Gasteiger charge is -2.00. The van der Waals surface area contributed by atoms with Crippen molar-refractivity contribution in [3.8, 4) is 5.75 Å². The summed E-state index contributed by atoms with van der Waals surface area (Å²) in [5.74, 6) is 1.49. The van der Waals surface area contributed by atoms with E-state index in [9.17, 15) is 0 Å². The number of hydrogen-bond donors (Lipinski definition) is 0. The summed E-state index contributed by atoms with van der Waals surface area (Å²) in [6.45, 7) is 0. The van der Waals surface area contributed by atoms with E-state index >= 15 is 0 Å². The van der Waals surface area contributed by atoms with Crippen molar-refractivity contribution in [2.75, 3.05) is 7.11 Å². The van der Waals surface area contributed by atoms with Gasteiger partial charge < -0.3 is 4.74 Å². The van der Waals surface area contributed by atoms with E-state index in [2.05, 4.69) is 12.1 Å². The van der Waals surface area contributed by atoms with Crippen LogP contribution in [-0.4, -0.2) is 12.5 Å². The molecule has 2 atom stereocenters. The summed E-state index contributed by atoms with van der Waals surface area (Å²) in [5, 5.41) is 0.360. The molecule has 0 aromatic heterocycles. The Bertz CT molecular complexity index is 268. The van der Waals surface area contributed by atoms with E-state index in [1.54, 1.807) is 7.11 Å². The lowest BCUT2D eigenvalue weighted by atomic mass is 10.1. The maximum atomic E-state index is 5.93. The van der Waals surface area contributed by atoms with Gasteiger partial charge in [-0.2, -0.15) is 0 Å². The fraction of sp³-hybridized carbons (Fsp3) is 0.400. The molecule has 0 spiro atoms. The van der Waals surface area contributed by atoms with E-state index in [1.165, 1.54) is 5.56 Å². The summed E-state index contributed by atoms with van der Waals surface area (Å²) in [5.41, 5.74) is 1.33. The first kappa shape index (κ1) is 7.93. The van der Waals surface area contributed by atoms with Gasteiger partial charge in [-0.15, -0.1) is 11.6 Å². The number of methoxy groups -OCH3 is 1. The average molecular weight is 183 g/mol. The van der Waals surface area contributed by atoms with Crippen LogP contribution in [0.25, 0.3) is 0 Å². The molecule has 0 amide bonds. The van der Waals surface area contributed by atoms with Crippen LogP contribution in [0, 0.1) is 0 Å². The lowest BCUT2D eigenvalue weighted by molar-refractivity contribution is 0.414. The zero-order chi connectivity index (χ0) is 8.55. The number of benzene rings is 1. The molecule has 0 saturated heterocycles. The molecule has 1 saturated carbocycles. The third kappa shape index (κ3) is 1.42. The molecule has 64 valence electrons. The first-order valence-electron chi connectivity index (χ1n) is 4.09. The van der Waals surface area contributed by atoms with Crippen LogP contribution in [0.4, 0.5) is 0 Å². The van der Waals surface area contributed by atoms with E-state index in [1.807, 2.05) is 12.1 Å². The van der Waals surface area contributed by atoms with Crippen LogP contribution >= 0.6 is 11.6 Å². The summed E-state index contributed by atoms with van der Waals surface area (Å²) in [6.07, 6.45) is 1.12. The molecule has 0 bridgehead atoms. The van der Waals surface area contributed by atoms with Gasteiger partial charge in [-0.05, 0) is 24.1 Å². The molecule has 1 unspecified atom stereocenters. The van der Waals surface area contributed by atoms with Gasteiger partial charge in [0.25, 0.3) is 0 Å². The topological polar surface area (TPSA) is 9.23 Å². The molecule has 1 aromatic rings.